The molecule has 0 saturated heterocycles. The van der Waals surface area contributed by atoms with Crippen LogP contribution < -0.4 is 0 Å². The van der Waals surface area contributed by atoms with Gasteiger partial charge >= 0.3 is 5.97 Å². The van der Waals surface area contributed by atoms with Gasteiger partial charge in [0.25, 0.3) is 0 Å². The van der Waals surface area contributed by atoms with E-state index in [9.17, 15) is 4.79 Å². The zero-order valence-electron chi connectivity index (χ0n) is 11.2. The Balaban J connectivity index is 3.65. The second kappa shape index (κ2) is 9.44. The van der Waals surface area contributed by atoms with E-state index >= 15 is 0 Å². The maximum Gasteiger partial charge on any atom is 0.309 e. The lowest BCUT2D eigenvalue weighted by Gasteiger charge is -2.05. The first-order valence-corrected chi connectivity index (χ1v) is 6.37. The molecule has 0 N–H and O–H groups in total. The third-order valence-electron chi connectivity index (χ3n) is 2.44. The van der Waals surface area contributed by atoms with E-state index in [1.54, 1.807) is 0 Å². The van der Waals surface area contributed by atoms with Crippen LogP contribution in [0.4, 0.5) is 0 Å². The average Bonchev–Trinajstić information content (AvgIpc) is 2.23. The highest BCUT2D eigenvalue weighted by Gasteiger charge is 2.00. The van der Waals surface area contributed by atoms with Crippen LogP contribution in [0, 0.1) is 5.92 Å². The van der Waals surface area contributed by atoms with E-state index in [4.69, 9.17) is 4.74 Å². The standard InChI is InChI=1S/C14H26O2/c1-5-11-16-14(15)10-9-13(4)8-6-7-12(2)3/h9,12H,5-8,10-11H2,1-4H3. The van der Waals surface area contributed by atoms with Crippen molar-refractivity contribution in [2.75, 3.05) is 6.61 Å². The van der Waals surface area contributed by atoms with Gasteiger partial charge in [-0.1, -0.05) is 38.8 Å². The molecule has 0 spiro atoms. The van der Waals surface area contributed by atoms with E-state index in [0.29, 0.717) is 13.0 Å². The van der Waals surface area contributed by atoms with E-state index in [1.165, 1.54) is 18.4 Å². The molecule has 2 heteroatoms. The first kappa shape index (κ1) is 15.2. The smallest absolute Gasteiger partial charge is 0.309 e. The normalized spacial score (nSPS) is 11.9. The zero-order chi connectivity index (χ0) is 12.4. The summed E-state index contributed by atoms with van der Waals surface area (Å²) >= 11 is 0. The molecule has 0 aliphatic heterocycles. The average molecular weight is 226 g/mol. The van der Waals surface area contributed by atoms with Crippen molar-refractivity contribution < 1.29 is 9.53 Å². The molecule has 0 fully saturated rings. The first-order chi connectivity index (χ1) is 7.56. The van der Waals surface area contributed by atoms with Crippen molar-refractivity contribution in [1.82, 2.24) is 0 Å². The summed E-state index contributed by atoms with van der Waals surface area (Å²) in [4.78, 5) is 11.2. The van der Waals surface area contributed by atoms with Crippen LogP contribution in [-0.2, 0) is 9.53 Å². The van der Waals surface area contributed by atoms with Crippen molar-refractivity contribution >= 4 is 5.97 Å². The fraction of sp³-hybridized carbons (Fsp3) is 0.786. The van der Waals surface area contributed by atoms with E-state index in [2.05, 4.69) is 20.8 Å². The number of carbonyl (C=O) groups is 1. The molecule has 0 aromatic rings. The SMILES string of the molecule is CCCOC(=O)CC=C(C)CCCC(C)C. The number of ether oxygens (including phenoxy) is 1. The van der Waals surface area contributed by atoms with Gasteiger partial charge in [0.2, 0.25) is 0 Å². The molecule has 0 atom stereocenters. The fourth-order valence-corrected chi connectivity index (χ4v) is 1.42. The van der Waals surface area contributed by atoms with Crippen LogP contribution in [0.2, 0.25) is 0 Å². The predicted molar refractivity (Wildman–Crippen MR) is 68.3 cm³/mol. The van der Waals surface area contributed by atoms with Crippen molar-refractivity contribution in [3.05, 3.63) is 11.6 Å². The second-order valence-electron chi connectivity index (χ2n) is 4.76. The Morgan fingerprint density at radius 1 is 1.38 bits per heavy atom. The highest BCUT2D eigenvalue weighted by molar-refractivity contribution is 5.71. The Kier molecular flexibility index (Phi) is 8.97. The monoisotopic (exact) mass is 226 g/mol. The molecular formula is C14H26O2. The van der Waals surface area contributed by atoms with E-state index < -0.39 is 0 Å². The van der Waals surface area contributed by atoms with Crippen LogP contribution in [0.3, 0.4) is 0 Å². The highest BCUT2D eigenvalue weighted by Crippen LogP contribution is 2.12. The summed E-state index contributed by atoms with van der Waals surface area (Å²) < 4.78 is 5.00. The van der Waals surface area contributed by atoms with E-state index in [-0.39, 0.29) is 5.97 Å². The molecule has 2 nitrogen and oxygen atoms in total. The minimum Gasteiger partial charge on any atom is -0.465 e. The van der Waals surface area contributed by atoms with Gasteiger partial charge in [-0.2, -0.15) is 0 Å². The first-order valence-electron chi connectivity index (χ1n) is 6.37. The van der Waals surface area contributed by atoms with Crippen molar-refractivity contribution in [2.24, 2.45) is 5.92 Å². The lowest BCUT2D eigenvalue weighted by atomic mass is 10.0. The minimum atomic E-state index is -0.106. The van der Waals surface area contributed by atoms with Gasteiger partial charge in [0.1, 0.15) is 0 Å². The molecule has 0 aromatic heterocycles. The summed E-state index contributed by atoms with van der Waals surface area (Å²) in [6, 6.07) is 0. The molecule has 0 heterocycles. The maximum absolute atomic E-state index is 11.2. The quantitative estimate of drug-likeness (QED) is 0.460. The molecule has 16 heavy (non-hydrogen) atoms. The van der Waals surface area contributed by atoms with Gasteiger partial charge in [0.05, 0.1) is 13.0 Å². The molecule has 0 unspecified atom stereocenters. The largest absolute Gasteiger partial charge is 0.465 e. The fourth-order valence-electron chi connectivity index (χ4n) is 1.42. The molecule has 0 aliphatic rings. The molecule has 0 rings (SSSR count). The molecule has 0 radical (unpaired) electrons. The maximum atomic E-state index is 11.2. The summed E-state index contributed by atoms with van der Waals surface area (Å²) in [6.07, 6.45) is 6.88. The summed E-state index contributed by atoms with van der Waals surface area (Å²) in [5, 5.41) is 0. The Hall–Kier alpha value is -0.790. The third kappa shape index (κ3) is 9.75. The molecule has 0 saturated carbocycles. The molecular weight excluding hydrogens is 200 g/mol. The van der Waals surface area contributed by atoms with Crippen LogP contribution in [0.15, 0.2) is 11.6 Å². The zero-order valence-corrected chi connectivity index (χ0v) is 11.2. The number of allylic oxidation sites excluding steroid dienone is 1. The van der Waals surface area contributed by atoms with Gasteiger partial charge in [0, 0.05) is 0 Å². The van der Waals surface area contributed by atoms with Crippen molar-refractivity contribution in [3.63, 3.8) is 0 Å². The Morgan fingerprint density at radius 2 is 2.06 bits per heavy atom. The highest BCUT2D eigenvalue weighted by atomic mass is 16.5. The summed E-state index contributed by atoms with van der Waals surface area (Å²) in [5.41, 5.74) is 1.30. The van der Waals surface area contributed by atoms with Crippen molar-refractivity contribution in [3.8, 4) is 0 Å². The van der Waals surface area contributed by atoms with Gasteiger partial charge in [0.15, 0.2) is 0 Å². The van der Waals surface area contributed by atoms with Gasteiger partial charge in [-0.25, -0.2) is 0 Å². The lowest BCUT2D eigenvalue weighted by Crippen LogP contribution is -2.03. The van der Waals surface area contributed by atoms with Crippen LogP contribution in [0.1, 0.15) is 59.8 Å². The predicted octanol–water partition coefficient (Wildman–Crippen LogP) is 4.10. The Labute approximate surface area is 100 Å². The summed E-state index contributed by atoms with van der Waals surface area (Å²) in [6.45, 7) is 9.11. The van der Waals surface area contributed by atoms with Crippen LogP contribution in [-0.4, -0.2) is 12.6 Å². The van der Waals surface area contributed by atoms with Gasteiger partial charge in [-0.15, -0.1) is 0 Å². The van der Waals surface area contributed by atoms with Gasteiger partial charge in [-0.05, 0) is 32.1 Å². The Morgan fingerprint density at radius 3 is 2.62 bits per heavy atom. The second-order valence-corrected chi connectivity index (χ2v) is 4.76. The van der Waals surface area contributed by atoms with Crippen LogP contribution >= 0.6 is 0 Å². The molecule has 94 valence electrons. The molecule has 0 aliphatic carbocycles. The molecule has 0 aromatic carbocycles. The summed E-state index contributed by atoms with van der Waals surface area (Å²) in [5.74, 6) is 0.660. The van der Waals surface area contributed by atoms with Crippen LogP contribution in [0.5, 0.6) is 0 Å². The number of esters is 1. The molecule has 0 bridgehead atoms. The molecule has 0 amide bonds. The minimum absolute atomic E-state index is 0.106. The number of carbonyl (C=O) groups excluding carboxylic acids is 1. The van der Waals surface area contributed by atoms with Gasteiger partial charge < -0.3 is 4.74 Å². The number of hydrogen-bond acceptors (Lipinski definition) is 2. The van der Waals surface area contributed by atoms with E-state index in [1.807, 2.05) is 13.0 Å². The van der Waals surface area contributed by atoms with Crippen molar-refractivity contribution in [1.29, 1.82) is 0 Å². The summed E-state index contributed by atoms with van der Waals surface area (Å²) in [7, 11) is 0. The van der Waals surface area contributed by atoms with Crippen LogP contribution in [0.25, 0.3) is 0 Å². The van der Waals surface area contributed by atoms with Gasteiger partial charge in [-0.3, -0.25) is 4.79 Å². The third-order valence-corrected chi connectivity index (χ3v) is 2.44. The lowest BCUT2D eigenvalue weighted by molar-refractivity contribution is -0.142. The van der Waals surface area contributed by atoms with Crippen molar-refractivity contribution in [2.45, 2.75) is 59.8 Å². The van der Waals surface area contributed by atoms with E-state index in [0.717, 1.165) is 18.8 Å². The number of hydrogen-bond donors (Lipinski definition) is 0. The Bertz CT molecular complexity index is 217. The number of rotatable bonds is 8. The topological polar surface area (TPSA) is 26.3 Å².